The van der Waals surface area contributed by atoms with Crippen LogP contribution >= 0.6 is 0 Å². The first-order chi connectivity index (χ1) is 11.4. The number of carbonyl (C=O) groups is 2. The lowest BCUT2D eigenvalue weighted by atomic mass is 10.2. The van der Waals surface area contributed by atoms with Gasteiger partial charge in [-0.15, -0.1) is 0 Å². The fourth-order valence-electron chi connectivity index (χ4n) is 1.86. The zero-order chi connectivity index (χ0) is 17.7. The summed E-state index contributed by atoms with van der Waals surface area (Å²) in [5.41, 5.74) is 0.263. The van der Waals surface area contributed by atoms with E-state index in [1.54, 1.807) is 6.07 Å². The van der Waals surface area contributed by atoms with Crippen molar-refractivity contribution in [3.63, 3.8) is 0 Å². The minimum atomic E-state index is -1.13. The Balaban J connectivity index is 2.06. The highest BCUT2D eigenvalue weighted by Crippen LogP contribution is 2.29. The fraction of sp³-hybridized carbons (Fsp3) is 0.125. The highest BCUT2D eigenvalue weighted by molar-refractivity contribution is 6.43. The Kier molecular flexibility index (Phi) is 5.31. The average molecular weight is 336 g/mol. The molecule has 0 bridgehead atoms. The monoisotopic (exact) mass is 336 g/mol. The summed E-state index contributed by atoms with van der Waals surface area (Å²) in [6.45, 7) is 0. The number of halogens is 2. The molecule has 2 amide bonds. The Morgan fingerprint density at radius 1 is 0.792 bits per heavy atom. The maximum absolute atomic E-state index is 13.1. The maximum Gasteiger partial charge on any atom is 0.314 e. The van der Waals surface area contributed by atoms with Gasteiger partial charge in [0.15, 0.2) is 23.1 Å². The molecule has 2 aromatic rings. The highest BCUT2D eigenvalue weighted by atomic mass is 19.2. The van der Waals surface area contributed by atoms with Crippen LogP contribution in [0.15, 0.2) is 36.4 Å². The van der Waals surface area contributed by atoms with Crippen molar-refractivity contribution < 1.29 is 27.8 Å². The molecule has 0 saturated carbocycles. The van der Waals surface area contributed by atoms with E-state index in [1.165, 1.54) is 26.4 Å². The normalized spacial score (nSPS) is 10.0. The summed E-state index contributed by atoms with van der Waals surface area (Å²) in [5.74, 6) is -3.36. The Bertz CT molecular complexity index is 781. The average Bonchev–Trinajstić information content (AvgIpc) is 2.57. The number of hydrogen-bond acceptors (Lipinski definition) is 4. The van der Waals surface area contributed by atoms with Gasteiger partial charge in [-0.25, -0.2) is 8.78 Å². The summed E-state index contributed by atoms with van der Waals surface area (Å²) in [5, 5.41) is 4.53. The zero-order valence-corrected chi connectivity index (χ0v) is 12.9. The number of amides is 2. The molecule has 8 heteroatoms. The van der Waals surface area contributed by atoms with E-state index in [4.69, 9.17) is 9.47 Å². The number of rotatable bonds is 4. The molecule has 0 spiro atoms. The molecule has 0 radical (unpaired) electrons. The predicted octanol–water partition coefficient (Wildman–Crippen LogP) is 2.56. The highest BCUT2D eigenvalue weighted by Gasteiger charge is 2.16. The quantitative estimate of drug-likeness (QED) is 0.842. The van der Waals surface area contributed by atoms with Crippen LogP contribution in [0.5, 0.6) is 11.5 Å². The van der Waals surface area contributed by atoms with E-state index in [9.17, 15) is 18.4 Å². The van der Waals surface area contributed by atoms with Crippen molar-refractivity contribution in [2.75, 3.05) is 24.9 Å². The molecule has 0 atom stereocenters. The summed E-state index contributed by atoms with van der Waals surface area (Å²) < 4.78 is 36.1. The van der Waals surface area contributed by atoms with Crippen LogP contribution < -0.4 is 20.1 Å². The Hall–Kier alpha value is -3.16. The Morgan fingerprint density at radius 2 is 1.33 bits per heavy atom. The molecular formula is C16H14F2N2O4. The zero-order valence-electron chi connectivity index (χ0n) is 12.9. The van der Waals surface area contributed by atoms with Gasteiger partial charge in [-0.3, -0.25) is 9.59 Å². The lowest BCUT2D eigenvalue weighted by Crippen LogP contribution is -2.29. The van der Waals surface area contributed by atoms with Gasteiger partial charge in [0.1, 0.15) is 0 Å². The number of anilines is 2. The number of methoxy groups -OCH3 is 2. The van der Waals surface area contributed by atoms with Crippen LogP contribution in [0.25, 0.3) is 0 Å². The van der Waals surface area contributed by atoms with Gasteiger partial charge in [-0.05, 0) is 24.3 Å². The van der Waals surface area contributed by atoms with Crippen LogP contribution in [-0.2, 0) is 9.59 Å². The summed E-state index contributed by atoms with van der Waals surface area (Å²) in [6, 6.07) is 7.31. The van der Waals surface area contributed by atoms with Gasteiger partial charge >= 0.3 is 11.8 Å². The van der Waals surface area contributed by atoms with Gasteiger partial charge in [0.25, 0.3) is 0 Å². The van der Waals surface area contributed by atoms with Crippen molar-refractivity contribution in [1.82, 2.24) is 0 Å². The number of ether oxygens (including phenoxy) is 2. The van der Waals surface area contributed by atoms with Crippen LogP contribution in [0.2, 0.25) is 0 Å². The van der Waals surface area contributed by atoms with Crippen LogP contribution in [0.3, 0.4) is 0 Å². The third-order valence-corrected chi connectivity index (χ3v) is 3.03. The summed E-state index contributed by atoms with van der Waals surface area (Å²) in [6.07, 6.45) is 0. The second-order valence-electron chi connectivity index (χ2n) is 4.61. The van der Waals surface area contributed by atoms with Crippen molar-refractivity contribution in [1.29, 1.82) is 0 Å². The first-order valence-corrected chi connectivity index (χ1v) is 6.74. The van der Waals surface area contributed by atoms with Crippen molar-refractivity contribution in [2.24, 2.45) is 0 Å². The van der Waals surface area contributed by atoms with Gasteiger partial charge in [0, 0.05) is 23.5 Å². The van der Waals surface area contributed by atoms with Gasteiger partial charge < -0.3 is 20.1 Å². The van der Waals surface area contributed by atoms with Crippen molar-refractivity contribution >= 4 is 23.2 Å². The van der Waals surface area contributed by atoms with Crippen molar-refractivity contribution in [3.05, 3.63) is 48.0 Å². The third-order valence-electron chi connectivity index (χ3n) is 3.03. The second kappa shape index (κ2) is 7.40. The van der Waals surface area contributed by atoms with E-state index in [0.717, 1.165) is 18.2 Å². The molecule has 2 rings (SSSR count). The molecule has 24 heavy (non-hydrogen) atoms. The van der Waals surface area contributed by atoms with Crippen LogP contribution in [0.4, 0.5) is 20.2 Å². The standard InChI is InChI=1S/C16H14F2N2O4/c1-23-13-6-4-10(8-14(13)24-2)20-16(22)15(21)19-9-3-5-11(17)12(18)7-9/h3-8H,1-2H3,(H,19,21)(H,20,22). The topological polar surface area (TPSA) is 76.7 Å². The van der Waals surface area contributed by atoms with E-state index < -0.39 is 23.4 Å². The smallest absolute Gasteiger partial charge is 0.314 e. The van der Waals surface area contributed by atoms with Crippen LogP contribution in [0, 0.1) is 11.6 Å². The van der Waals surface area contributed by atoms with Gasteiger partial charge in [-0.2, -0.15) is 0 Å². The molecule has 0 aliphatic heterocycles. The van der Waals surface area contributed by atoms with E-state index in [2.05, 4.69) is 10.6 Å². The molecule has 0 heterocycles. The van der Waals surface area contributed by atoms with Gasteiger partial charge in [-0.1, -0.05) is 0 Å². The minimum Gasteiger partial charge on any atom is -0.493 e. The first-order valence-electron chi connectivity index (χ1n) is 6.74. The molecule has 2 N–H and O–H groups in total. The number of hydrogen-bond donors (Lipinski definition) is 2. The number of carbonyl (C=O) groups excluding carboxylic acids is 2. The largest absolute Gasteiger partial charge is 0.493 e. The molecule has 0 aromatic heterocycles. The minimum absolute atomic E-state index is 0.0404. The first kappa shape index (κ1) is 17.2. The summed E-state index contributed by atoms with van der Waals surface area (Å²) in [7, 11) is 2.89. The molecule has 0 saturated heterocycles. The van der Waals surface area contributed by atoms with E-state index in [1.807, 2.05) is 0 Å². The number of nitrogens with one attached hydrogen (secondary N) is 2. The van der Waals surface area contributed by atoms with E-state index >= 15 is 0 Å². The van der Waals surface area contributed by atoms with E-state index in [0.29, 0.717) is 17.2 Å². The predicted molar refractivity (Wildman–Crippen MR) is 83.2 cm³/mol. The van der Waals surface area contributed by atoms with Crippen molar-refractivity contribution in [2.45, 2.75) is 0 Å². The molecule has 126 valence electrons. The third kappa shape index (κ3) is 3.97. The molecule has 0 aliphatic carbocycles. The van der Waals surface area contributed by atoms with Gasteiger partial charge in [0.05, 0.1) is 14.2 Å². The molecule has 0 aliphatic rings. The summed E-state index contributed by atoms with van der Waals surface area (Å²) in [4.78, 5) is 23.7. The van der Waals surface area contributed by atoms with E-state index in [-0.39, 0.29) is 5.69 Å². The summed E-state index contributed by atoms with van der Waals surface area (Å²) >= 11 is 0. The lowest BCUT2D eigenvalue weighted by Gasteiger charge is -2.10. The lowest BCUT2D eigenvalue weighted by molar-refractivity contribution is -0.133. The molecular weight excluding hydrogens is 322 g/mol. The fourth-order valence-corrected chi connectivity index (χ4v) is 1.86. The maximum atomic E-state index is 13.1. The van der Waals surface area contributed by atoms with Crippen molar-refractivity contribution in [3.8, 4) is 11.5 Å². The molecule has 2 aromatic carbocycles. The Labute approximate surface area is 136 Å². The molecule has 6 nitrogen and oxygen atoms in total. The van der Waals surface area contributed by atoms with Crippen LogP contribution in [0.1, 0.15) is 0 Å². The second-order valence-corrected chi connectivity index (χ2v) is 4.61. The SMILES string of the molecule is COc1ccc(NC(=O)C(=O)Nc2ccc(F)c(F)c2)cc1OC. The molecule has 0 unspecified atom stereocenters. The van der Waals surface area contributed by atoms with Gasteiger partial charge in [0.2, 0.25) is 0 Å². The molecule has 0 fully saturated rings. The Morgan fingerprint density at radius 3 is 1.88 bits per heavy atom. The van der Waals surface area contributed by atoms with Crippen LogP contribution in [-0.4, -0.2) is 26.0 Å². The number of benzene rings is 2.